The summed E-state index contributed by atoms with van der Waals surface area (Å²) in [6.07, 6.45) is 3.43. The van der Waals surface area contributed by atoms with Crippen LogP contribution in [0.4, 0.5) is 5.69 Å². The lowest BCUT2D eigenvalue weighted by atomic mass is 10.2. The van der Waals surface area contributed by atoms with Gasteiger partial charge in [0.2, 0.25) is 5.91 Å². The number of benzene rings is 3. The number of carbonyl (C=O) groups excluding carboxylic acids is 2. The van der Waals surface area contributed by atoms with Crippen molar-refractivity contribution in [3.63, 3.8) is 0 Å². The van der Waals surface area contributed by atoms with Gasteiger partial charge in [-0.2, -0.15) is 0 Å². The Hall–Kier alpha value is -3.84. The molecule has 8 heteroatoms. The minimum Gasteiger partial charge on any atom is -0.484 e. The first-order valence-corrected chi connectivity index (χ1v) is 13.8. The number of ether oxygens (including phenoxy) is 1. The van der Waals surface area contributed by atoms with E-state index in [0.29, 0.717) is 17.3 Å². The van der Waals surface area contributed by atoms with Gasteiger partial charge in [0.15, 0.2) is 6.61 Å². The van der Waals surface area contributed by atoms with Crippen LogP contribution in [0, 0.1) is 0 Å². The molecule has 39 heavy (non-hydrogen) atoms. The number of fused-ring (bicyclic) bond motifs is 1. The third kappa shape index (κ3) is 7.83. The van der Waals surface area contributed by atoms with E-state index in [1.54, 1.807) is 24.3 Å². The first-order chi connectivity index (χ1) is 18.9. The molecule has 1 N–H and O–H groups in total. The molecule has 0 saturated heterocycles. The predicted octanol–water partition coefficient (Wildman–Crippen LogP) is 6.04. The first-order valence-electron chi connectivity index (χ1n) is 13.4. The summed E-state index contributed by atoms with van der Waals surface area (Å²) in [5.41, 5.74) is 2.75. The number of carbonyl (C=O) groups is 2. The molecule has 204 valence electrons. The summed E-state index contributed by atoms with van der Waals surface area (Å²) in [6.45, 7) is 4.83. The molecule has 0 fully saturated rings. The summed E-state index contributed by atoms with van der Waals surface area (Å²) in [4.78, 5) is 32.3. The van der Waals surface area contributed by atoms with Gasteiger partial charge in [0, 0.05) is 29.7 Å². The Balaban J connectivity index is 1.29. The third-order valence-corrected chi connectivity index (χ3v) is 6.68. The topological polar surface area (TPSA) is 76.5 Å². The van der Waals surface area contributed by atoms with Crippen molar-refractivity contribution in [3.05, 3.63) is 89.7 Å². The summed E-state index contributed by atoms with van der Waals surface area (Å²) >= 11 is 5.86. The molecule has 0 aliphatic rings. The number of unbranched alkanes of at least 4 members (excludes halogenated alkanes) is 2. The van der Waals surface area contributed by atoms with E-state index in [2.05, 4.69) is 5.32 Å². The van der Waals surface area contributed by atoms with Crippen LogP contribution >= 0.6 is 11.6 Å². The number of nitrogens with zero attached hydrogens (tertiary/aromatic N) is 3. The highest BCUT2D eigenvalue weighted by Gasteiger charge is 2.21. The molecule has 0 saturated carbocycles. The largest absolute Gasteiger partial charge is 0.484 e. The van der Waals surface area contributed by atoms with Crippen molar-refractivity contribution in [2.24, 2.45) is 0 Å². The Labute approximate surface area is 234 Å². The van der Waals surface area contributed by atoms with Crippen LogP contribution in [-0.2, 0) is 22.6 Å². The fourth-order valence-electron chi connectivity index (χ4n) is 4.57. The van der Waals surface area contributed by atoms with Gasteiger partial charge in [-0.05, 0) is 75.2 Å². The quantitative estimate of drug-likeness (QED) is 0.207. The lowest BCUT2D eigenvalue weighted by Gasteiger charge is -2.27. The van der Waals surface area contributed by atoms with Gasteiger partial charge in [0.25, 0.3) is 5.91 Å². The van der Waals surface area contributed by atoms with Crippen LogP contribution in [0.1, 0.15) is 38.9 Å². The van der Waals surface area contributed by atoms with Crippen molar-refractivity contribution >= 4 is 40.1 Å². The number of para-hydroxylation sites is 3. The fourth-order valence-corrected chi connectivity index (χ4v) is 4.69. The number of amides is 2. The van der Waals surface area contributed by atoms with E-state index in [1.807, 2.05) is 77.9 Å². The Bertz CT molecular complexity index is 1370. The van der Waals surface area contributed by atoms with Crippen molar-refractivity contribution in [2.45, 2.75) is 52.1 Å². The smallest absolute Gasteiger partial charge is 0.257 e. The normalized spacial score (nSPS) is 11.1. The van der Waals surface area contributed by atoms with E-state index in [4.69, 9.17) is 21.3 Å². The molecule has 4 aromatic rings. The number of halogens is 1. The van der Waals surface area contributed by atoms with Gasteiger partial charge < -0.3 is 19.5 Å². The number of rotatable bonds is 13. The van der Waals surface area contributed by atoms with Crippen LogP contribution < -0.4 is 15.0 Å². The molecule has 3 aromatic carbocycles. The zero-order valence-corrected chi connectivity index (χ0v) is 23.2. The summed E-state index contributed by atoms with van der Waals surface area (Å²) in [5.74, 6) is 1.39. The lowest BCUT2D eigenvalue weighted by Crippen LogP contribution is -2.39. The molecule has 4 rings (SSSR count). The molecule has 0 unspecified atom stereocenters. The maximum absolute atomic E-state index is 13.5. The van der Waals surface area contributed by atoms with Gasteiger partial charge in [-0.25, -0.2) is 4.98 Å². The monoisotopic (exact) mass is 546 g/mol. The van der Waals surface area contributed by atoms with Crippen LogP contribution in [0.5, 0.6) is 5.75 Å². The summed E-state index contributed by atoms with van der Waals surface area (Å²) in [7, 11) is 0. The number of aromatic nitrogens is 2. The second kappa shape index (κ2) is 13.8. The minimum atomic E-state index is -0.154. The number of hydrogen-bond acceptors (Lipinski definition) is 4. The SMILES string of the molecule is CC(C)N(C(=O)Cn1c(CCCCCNC(=O)COc2ccc(Cl)cc2)nc2ccccc21)c1ccccc1. The highest BCUT2D eigenvalue weighted by atomic mass is 35.5. The van der Waals surface area contributed by atoms with Crippen molar-refractivity contribution in [2.75, 3.05) is 18.1 Å². The van der Waals surface area contributed by atoms with E-state index < -0.39 is 0 Å². The van der Waals surface area contributed by atoms with Crippen molar-refractivity contribution < 1.29 is 14.3 Å². The molecule has 2 amide bonds. The molecule has 0 aliphatic heterocycles. The first kappa shape index (κ1) is 28.2. The molecule has 0 bridgehead atoms. The number of nitrogens with one attached hydrogen (secondary N) is 1. The molecule has 0 aliphatic carbocycles. The maximum Gasteiger partial charge on any atom is 0.257 e. The van der Waals surface area contributed by atoms with Crippen molar-refractivity contribution in [3.8, 4) is 5.75 Å². The Morgan fingerprint density at radius 3 is 2.41 bits per heavy atom. The Morgan fingerprint density at radius 2 is 1.67 bits per heavy atom. The van der Waals surface area contributed by atoms with Crippen LogP contribution in [0.25, 0.3) is 11.0 Å². The van der Waals surface area contributed by atoms with Crippen LogP contribution in [0.3, 0.4) is 0 Å². The zero-order valence-electron chi connectivity index (χ0n) is 22.5. The molecule has 1 heterocycles. The Morgan fingerprint density at radius 1 is 0.949 bits per heavy atom. The highest BCUT2D eigenvalue weighted by Crippen LogP contribution is 2.21. The molecular weight excluding hydrogens is 512 g/mol. The molecule has 1 aromatic heterocycles. The number of hydrogen-bond donors (Lipinski definition) is 1. The van der Waals surface area contributed by atoms with E-state index in [9.17, 15) is 9.59 Å². The second-order valence-corrected chi connectivity index (χ2v) is 10.1. The van der Waals surface area contributed by atoms with Crippen LogP contribution in [-0.4, -0.2) is 40.6 Å². The molecule has 0 atom stereocenters. The number of anilines is 1. The van der Waals surface area contributed by atoms with E-state index in [0.717, 1.165) is 48.2 Å². The molecule has 0 spiro atoms. The highest BCUT2D eigenvalue weighted by molar-refractivity contribution is 6.30. The van der Waals surface area contributed by atoms with Crippen LogP contribution in [0.2, 0.25) is 5.02 Å². The van der Waals surface area contributed by atoms with E-state index in [1.165, 1.54) is 0 Å². The Kier molecular flexibility index (Phi) is 9.97. The average Bonchev–Trinajstić information content (AvgIpc) is 3.27. The summed E-state index contributed by atoms with van der Waals surface area (Å²) in [6, 6.07) is 24.7. The molecular formula is C31H35ClN4O3. The molecule has 0 radical (unpaired) electrons. The molecule has 7 nitrogen and oxygen atoms in total. The maximum atomic E-state index is 13.5. The standard InChI is InChI=1S/C31H35ClN4O3/c1-23(2)36(25-11-5-3-6-12-25)31(38)21-35-28-14-9-8-13-27(28)34-29(35)15-7-4-10-20-33-30(37)22-39-26-18-16-24(32)17-19-26/h3,5-6,8-9,11-14,16-19,23H,4,7,10,15,20-22H2,1-2H3,(H,33,37). The number of imidazole rings is 1. The van der Waals surface area contributed by atoms with Gasteiger partial charge in [0.05, 0.1) is 11.0 Å². The summed E-state index contributed by atoms with van der Waals surface area (Å²) in [5, 5.41) is 3.52. The fraction of sp³-hybridized carbons (Fsp3) is 0.323. The number of aryl methyl sites for hydroxylation is 1. The minimum absolute atomic E-state index is 0.0316. The van der Waals surface area contributed by atoms with Crippen molar-refractivity contribution in [1.29, 1.82) is 0 Å². The summed E-state index contributed by atoms with van der Waals surface area (Å²) < 4.78 is 7.53. The predicted molar refractivity (Wildman–Crippen MR) is 156 cm³/mol. The van der Waals surface area contributed by atoms with Gasteiger partial charge in [-0.3, -0.25) is 9.59 Å². The van der Waals surface area contributed by atoms with Crippen LogP contribution in [0.15, 0.2) is 78.9 Å². The van der Waals surface area contributed by atoms with Gasteiger partial charge >= 0.3 is 0 Å². The van der Waals surface area contributed by atoms with Gasteiger partial charge in [0.1, 0.15) is 18.1 Å². The van der Waals surface area contributed by atoms with E-state index in [-0.39, 0.29) is 31.0 Å². The average molecular weight is 547 g/mol. The van der Waals surface area contributed by atoms with Crippen molar-refractivity contribution in [1.82, 2.24) is 14.9 Å². The lowest BCUT2D eigenvalue weighted by molar-refractivity contribution is -0.123. The zero-order chi connectivity index (χ0) is 27.6. The third-order valence-electron chi connectivity index (χ3n) is 6.43. The van der Waals surface area contributed by atoms with Gasteiger partial charge in [-0.1, -0.05) is 48.4 Å². The second-order valence-electron chi connectivity index (χ2n) is 9.70. The van der Waals surface area contributed by atoms with E-state index >= 15 is 0 Å². The van der Waals surface area contributed by atoms with Gasteiger partial charge in [-0.15, -0.1) is 0 Å².